The Morgan fingerprint density at radius 2 is 1.75 bits per heavy atom. The molecule has 3 nitrogen and oxygen atoms in total. The normalized spacial score (nSPS) is 10.8. The Balaban J connectivity index is 2.02. The minimum absolute atomic E-state index is 0.197. The third-order valence-corrected chi connectivity index (χ3v) is 4.04. The summed E-state index contributed by atoms with van der Waals surface area (Å²) in [5.41, 5.74) is 3.30. The first-order valence-electron chi connectivity index (χ1n) is 7.31. The fourth-order valence-electron chi connectivity index (χ4n) is 2.41. The average molecular weight is 363 g/mol. The summed E-state index contributed by atoms with van der Waals surface area (Å²) in [6.45, 7) is 0. The molecule has 0 spiro atoms. The monoisotopic (exact) mass is 362 g/mol. The number of nitrogens with zero attached hydrogens (tertiary/aromatic N) is 2. The molecule has 0 unspecified atom stereocenters. The van der Waals surface area contributed by atoms with E-state index >= 15 is 0 Å². The van der Waals surface area contributed by atoms with Gasteiger partial charge < -0.3 is 0 Å². The van der Waals surface area contributed by atoms with Crippen LogP contribution in [0.5, 0.6) is 0 Å². The van der Waals surface area contributed by atoms with Crippen molar-refractivity contribution < 1.29 is 9.18 Å². The number of aromatic nitrogens is 2. The Morgan fingerprint density at radius 1 is 1.08 bits per heavy atom. The molecule has 3 rings (SSSR count). The molecule has 0 radical (unpaired) electrons. The quantitative estimate of drug-likeness (QED) is 0.596. The predicted octanol–water partition coefficient (Wildman–Crippen LogP) is 5.03. The van der Waals surface area contributed by atoms with Gasteiger partial charge in [-0.1, -0.05) is 23.7 Å². The Hall–Kier alpha value is -2.17. The summed E-state index contributed by atoms with van der Waals surface area (Å²) in [6.07, 6.45) is 2.47. The maximum atomic E-state index is 13.1. The van der Waals surface area contributed by atoms with Gasteiger partial charge >= 0.3 is 0 Å². The SMILES string of the molecule is O=C(Cl)CCc1nn(-c2ccc(F)cc2)cc1-c1ccc(Cl)cc1. The molecule has 6 heteroatoms. The van der Waals surface area contributed by atoms with Crippen LogP contribution >= 0.6 is 23.2 Å². The van der Waals surface area contributed by atoms with Crippen molar-refractivity contribution in [1.29, 1.82) is 0 Å². The number of hydrogen-bond acceptors (Lipinski definition) is 2. The topological polar surface area (TPSA) is 34.9 Å². The first-order chi connectivity index (χ1) is 11.5. The van der Waals surface area contributed by atoms with Crippen molar-refractivity contribution in [3.05, 3.63) is 71.3 Å². The zero-order valence-corrected chi connectivity index (χ0v) is 14.1. The van der Waals surface area contributed by atoms with Gasteiger partial charge in [0.1, 0.15) is 5.82 Å². The van der Waals surface area contributed by atoms with Crippen LogP contribution in [-0.2, 0) is 11.2 Å². The van der Waals surface area contributed by atoms with Crippen LogP contribution in [0.1, 0.15) is 12.1 Å². The fraction of sp³-hybridized carbons (Fsp3) is 0.111. The molecular formula is C18H13Cl2FN2O. The van der Waals surface area contributed by atoms with Crippen LogP contribution in [0.3, 0.4) is 0 Å². The summed E-state index contributed by atoms with van der Waals surface area (Å²) in [4.78, 5) is 11.1. The standard InChI is InChI=1S/C18H13Cl2FN2O/c19-13-3-1-12(2-4-13)16-11-23(15-7-5-14(21)6-8-15)22-17(16)9-10-18(20)24/h1-8,11H,9-10H2. The molecule has 0 aliphatic carbocycles. The molecule has 0 aliphatic rings. The lowest BCUT2D eigenvalue weighted by Gasteiger charge is -2.01. The first-order valence-corrected chi connectivity index (χ1v) is 8.07. The molecule has 1 aromatic heterocycles. The van der Waals surface area contributed by atoms with Gasteiger partial charge in [0.15, 0.2) is 0 Å². The van der Waals surface area contributed by atoms with Crippen LogP contribution in [0.4, 0.5) is 4.39 Å². The molecule has 0 aliphatic heterocycles. The van der Waals surface area contributed by atoms with E-state index in [4.69, 9.17) is 23.2 Å². The number of carbonyl (C=O) groups is 1. The average Bonchev–Trinajstić information content (AvgIpc) is 2.98. The van der Waals surface area contributed by atoms with Gasteiger partial charge in [-0.3, -0.25) is 4.79 Å². The molecule has 24 heavy (non-hydrogen) atoms. The number of aryl methyl sites for hydroxylation is 1. The highest BCUT2D eigenvalue weighted by molar-refractivity contribution is 6.63. The van der Waals surface area contributed by atoms with E-state index in [0.29, 0.717) is 11.4 Å². The fourth-order valence-corrected chi connectivity index (χ4v) is 2.63. The summed E-state index contributed by atoms with van der Waals surface area (Å²) < 4.78 is 14.8. The maximum absolute atomic E-state index is 13.1. The van der Waals surface area contributed by atoms with Gasteiger partial charge in [-0.05, 0) is 53.6 Å². The molecule has 2 aromatic carbocycles. The largest absolute Gasteiger partial charge is 0.281 e. The van der Waals surface area contributed by atoms with E-state index in [0.717, 1.165) is 22.5 Å². The van der Waals surface area contributed by atoms with Crippen LogP contribution in [-0.4, -0.2) is 15.0 Å². The van der Waals surface area contributed by atoms with E-state index in [-0.39, 0.29) is 12.2 Å². The van der Waals surface area contributed by atoms with Crippen molar-refractivity contribution in [3.8, 4) is 16.8 Å². The van der Waals surface area contributed by atoms with Gasteiger partial charge in [0.05, 0.1) is 11.4 Å². The highest BCUT2D eigenvalue weighted by Crippen LogP contribution is 2.27. The van der Waals surface area contributed by atoms with Crippen molar-refractivity contribution in [2.45, 2.75) is 12.8 Å². The van der Waals surface area contributed by atoms with Gasteiger partial charge in [-0.25, -0.2) is 9.07 Å². The predicted molar refractivity (Wildman–Crippen MR) is 93.1 cm³/mol. The summed E-state index contributed by atoms with van der Waals surface area (Å²) in [5, 5.41) is 4.76. The minimum Gasteiger partial charge on any atom is -0.281 e. The highest BCUT2D eigenvalue weighted by atomic mass is 35.5. The third kappa shape index (κ3) is 3.83. The zero-order chi connectivity index (χ0) is 17.1. The van der Waals surface area contributed by atoms with Crippen molar-refractivity contribution in [3.63, 3.8) is 0 Å². The van der Waals surface area contributed by atoms with Gasteiger partial charge in [0.25, 0.3) is 0 Å². The van der Waals surface area contributed by atoms with Crippen molar-refractivity contribution in [2.75, 3.05) is 0 Å². The summed E-state index contributed by atoms with van der Waals surface area (Å²) in [7, 11) is 0. The minimum atomic E-state index is -0.409. The number of rotatable bonds is 5. The summed E-state index contributed by atoms with van der Waals surface area (Å²) in [6, 6.07) is 13.4. The zero-order valence-electron chi connectivity index (χ0n) is 12.5. The molecule has 0 bridgehead atoms. The van der Waals surface area contributed by atoms with Crippen molar-refractivity contribution in [1.82, 2.24) is 9.78 Å². The van der Waals surface area contributed by atoms with Crippen LogP contribution < -0.4 is 0 Å². The van der Waals surface area contributed by atoms with E-state index < -0.39 is 5.24 Å². The smallest absolute Gasteiger partial charge is 0.222 e. The van der Waals surface area contributed by atoms with Crippen molar-refractivity contribution >= 4 is 28.4 Å². The second-order valence-corrected chi connectivity index (χ2v) is 6.13. The molecule has 1 heterocycles. The van der Waals surface area contributed by atoms with E-state index in [2.05, 4.69) is 5.10 Å². The lowest BCUT2D eigenvalue weighted by Crippen LogP contribution is -1.98. The highest BCUT2D eigenvalue weighted by Gasteiger charge is 2.13. The lowest BCUT2D eigenvalue weighted by atomic mass is 10.0. The number of benzene rings is 2. The van der Waals surface area contributed by atoms with Crippen molar-refractivity contribution in [2.24, 2.45) is 0 Å². The Labute approximate surface area is 148 Å². The van der Waals surface area contributed by atoms with Gasteiger partial charge in [0, 0.05) is 29.6 Å². The van der Waals surface area contributed by atoms with Crippen LogP contribution in [0.2, 0.25) is 5.02 Å². The molecule has 3 aromatic rings. The van der Waals surface area contributed by atoms with E-state index in [1.54, 1.807) is 28.9 Å². The summed E-state index contributed by atoms with van der Waals surface area (Å²) in [5.74, 6) is -0.309. The molecule has 0 amide bonds. The third-order valence-electron chi connectivity index (χ3n) is 3.60. The lowest BCUT2D eigenvalue weighted by molar-refractivity contribution is -0.111. The number of halogens is 3. The number of carbonyl (C=O) groups excluding carboxylic acids is 1. The molecule has 0 atom stereocenters. The molecule has 0 saturated heterocycles. The second kappa shape index (κ2) is 7.16. The van der Waals surface area contributed by atoms with E-state index in [9.17, 15) is 9.18 Å². The molecule has 122 valence electrons. The van der Waals surface area contributed by atoms with E-state index in [1.807, 2.05) is 18.3 Å². The number of hydrogen-bond donors (Lipinski definition) is 0. The summed E-state index contributed by atoms with van der Waals surface area (Å²) >= 11 is 11.4. The van der Waals surface area contributed by atoms with Gasteiger partial charge in [-0.2, -0.15) is 5.10 Å². The Bertz CT molecular complexity index is 858. The first kappa shape index (κ1) is 16.7. The Kier molecular flexibility index (Phi) is 4.97. The van der Waals surface area contributed by atoms with Gasteiger partial charge in [-0.15, -0.1) is 0 Å². The molecule has 0 fully saturated rings. The van der Waals surface area contributed by atoms with Crippen LogP contribution in [0.25, 0.3) is 16.8 Å². The Morgan fingerprint density at radius 3 is 2.38 bits per heavy atom. The van der Waals surface area contributed by atoms with Crippen LogP contribution in [0.15, 0.2) is 54.7 Å². The molecule has 0 N–H and O–H groups in total. The second-order valence-electron chi connectivity index (χ2n) is 5.27. The van der Waals surface area contributed by atoms with E-state index in [1.165, 1.54) is 12.1 Å². The maximum Gasteiger partial charge on any atom is 0.222 e. The van der Waals surface area contributed by atoms with Gasteiger partial charge in [0.2, 0.25) is 5.24 Å². The molecule has 0 saturated carbocycles. The molecular weight excluding hydrogens is 350 g/mol. The van der Waals surface area contributed by atoms with Crippen LogP contribution in [0, 0.1) is 5.82 Å².